The van der Waals surface area contributed by atoms with E-state index in [1.54, 1.807) is 12.3 Å². The standard InChI is InChI=1S/C20H18N2O3S/c1-14(16-8-4-6-15-5-2-3-7-17(15)16)22-18(23)13-25-20(24)10-9-19-21-11-12-26-19/h2-12,14H,13H2,1H3,(H,22,23). The van der Waals surface area contributed by atoms with Crippen LogP contribution in [0, 0.1) is 0 Å². The molecule has 2 aromatic carbocycles. The van der Waals surface area contributed by atoms with Gasteiger partial charge in [0.05, 0.1) is 6.04 Å². The number of aromatic nitrogens is 1. The fourth-order valence-corrected chi connectivity index (χ4v) is 3.16. The van der Waals surface area contributed by atoms with Crippen molar-refractivity contribution in [3.8, 4) is 0 Å². The number of fused-ring (bicyclic) bond motifs is 1. The number of ether oxygens (including phenoxy) is 1. The average Bonchev–Trinajstić information content (AvgIpc) is 3.18. The quantitative estimate of drug-likeness (QED) is 0.533. The molecule has 132 valence electrons. The summed E-state index contributed by atoms with van der Waals surface area (Å²) in [4.78, 5) is 27.8. The average molecular weight is 366 g/mol. The van der Waals surface area contributed by atoms with Gasteiger partial charge in [-0.25, -0.2) is 9.78 Å². The van der Waals surface area contributed by atoms with Crippen LogP contribution in [0.5, 0.6) is 0 Å². The van der Waals surface area contributed by atoms with Gasteiger partial charge < -0.3 is 10.1 Å². The van der Waals surface area contributed by atoms with E-state index >= 15 is 0 Å². The fourth-order valence-electron chi connectivity index (χ4n) is 2.63. The number of amides is 1. The third-order valence-corrected chi connectivity index (χ3v) is 4.57. The molecule has 0 saturated heterocycles. The molecule has 0 aliphatic heterocycles. The number of carbonyl (C=O) groups excluding carboxylic acids is 2. The number of esters is 1. The van der Waals surface area contributed by atoms with Crippen molar-refractivity contribution in [1.82, 2.24) is 10.3 Å². The van der Waals surface area contributed by atoms with E-state index in [1.165, 1.54) is 17.4 Å². The molecule has 5 nitrogen and oxygen atoms in total. The minimum atomic E-state index is -0.576. The van der Waals surface area contributed by atoms with Crippen molar-refractivity contribution in [1.29, 1.82) is 0 Å². The van der Waals surface area contributed by atoms with Gasteiger partial charge in [-0.05, 0) is 29.3 Å². The molecule has 0 fully saturated rings. The highest BCUT2D eigenvalue weighted by Gasteiger charge is 2.13. The molecule has 6 heteroatoms. The molecule has 1 atom stereocenters. The molecule has 0 radical (unpaired) electrons. The maximum atomic E-state index is 12.1. The van der Waals surface area contributed by atoms with Gasteiger partial charge >= 0.3 is 5.97 Å². The Labute approximate surface area is 155 Å². The van der Waals surface area contributed by atoms with Crippen molar-refractivity contribution in [2.45, 2.75) is 13.0 Å². The molecule has 26 heavy (non-hydrogen) atoms. The molecule has 1 unspecified atom stereocenters. The highest BCUT2D eigenvalue weighted by atomic mass is 32.1. The smallest absolute Gasteiger partial charge is 0.331 e. The maximum Gasteiger partial charge on any atom is 0.331 e. The van der Waals surface area contributed by atoms with Gasteiger partial charge in [0, 0.05) is 17.7 Å². The van der Waals surface area contributed by atoms with Crippen LogP contribution in [0.4, 0.5) is 0 Å². The number of carbonyl (C=O) groups is 2. The molecule has 3 aromatic rings. The maximum absolute atomic E-state index is 12.1. The van der Waals surface area contributed by atoms with Crippen molar-refractivity contribution in [3.63, 3.8) is 0 Å². The predicted octanol–water partition coefficient (Wildman–Crippen LogP) is 3.73. The molecule has 3 rings (SSSR count). The molecular formula is C20H18N2O3S. The molecule has 0 spiro atoms. The second-order valence-corrected chi connectivity index (χ2v) is 6.60. The lowest BCUT2D eigenvalue weighted by Gasteiger charge is -2.16. The van der Waals surface area contributed by atoms with Gasteiger partial charge in [0.25, 0.3) is 5.91 Å². The topological polar surface area (TPSA) is 68.3 Å². The van der Waals surface area contributed by atoms with Crippen molar-refractivity contribution in [2.75, 3.05) is 6.61 Å². The number of thiazole rings is 1. The number of benzene rings is 2. The summed E-state index contributed by atoms with van der Waals surface area (Å²) in [6, 6.07) is 13.8. The first-order valence-electron chi connectivity index (χ1n) is 8.15. The Morgan fingerprint density at radius 3 is 2.85 bits per heavy atom. The highest BCUT2D eigenvalue weighted by Crippen LogP contribution is 2.23. The molecule has 1 amide bonds. The minimum Gasteiger partial charge on any atom is -0.452 e. The Balaban J connectivity index is 1.55. The van der Waals surface area contributed by atoms with Crippen molar-refractivity contribution < 1.29 is 14.3 Å². The molecule has 1 aromatic heterocycles. The van der Waals surface area contributed by atoms with Crippen LogP contribution in [-0.2, 0) is 14.3 Å². The van der Waals surface area contributed by atoms with Gasteiger partial charge in [-0.2, -0.15) is 0 Å². The zero-order chi connectivity index (χ0) is 18.4. The van der Waals surface area contributed by atoms with Crippen LogP contribution in [0.2, 0.25) is 0 Å². The van der Waals surface area contributed by atoms with Crippen LogP contribution in [0.25, 0.3) is 16.8 Å². The summed E-state index contributed by atoms with van der Waals surface area (Å²) in [5.74, 6) is -0.922. The third kappa shape index (κ3) is 4.55. The number of hydrogen-bond donors (Lipinski definition) is 1. The molecular weight excluding hydrogens is 348 g/mol. The van der Waals surface area contributed by atoms with Gasteiger partial charge in [0.1, 0.15) is 5.01 Å². The van der Waals surface area contributed by atoms with E-state index in [0.29, 0.717) is 5.01 Å². The first kappa shape index (κ1) is 17.8. The molecule has 0 saturated carbocycles. The summed E-state index contributed by atoms with van der Waals surface area (Å²) in [6.07, 6.45) is 4.47. The first-order valence-corrected chi connectivity index (χ1v) is 9.03. The number of rotatable bonds is 6. The molecule has 1 heterocycles. The zero-order valence-electron chi connectivity index (χ0n) is 14.2. The molecule has 0 bridgehead atoms. The van der Waals surface area contributed by atoms with Crippen molar-refractivity contribution in [2.24, 2.45) is 0 Å². The Kier molecular flexibility index (Phi) is 5.76. The van der Waals surface area contributed by atoms with Crippen molar-refractivity contribution >= 4 is 40.1 Å². The van der Waals surface area contributed by atoms with Crippen LogP contribution in [0.15, 0.2) is 60.1 Å². The summed E-state index contributed by atoms with van der Waals surface area (Å²) in [7, 11) is 0. The Morgan fingerprint density at radius 2 is 2.04 bits per heavy atom. The van der Waals surface area contributed by atoms with Gasteiger partial charge in [0.2, 0.25) is 0 Å². The fraction of sp³-hybridized carbons (Fsp3) is 0.150. The molecule has 1 N–H and O–H groups in total. The van der Waals surface area contributed by atoms with Crippen LogP contribution in [-0.4, -0.2) is 23.5 Å². The van der Waals surface area contributed by atoms with E-state index in [4.69, 9.17) is 4.74 Å². The van der Waals surface area contributed by atoms with E-state index in [1.807, 2.05) is 54.8 Å². The van der Waals surface area contributed by atoms with E-state index in [9.17, 15) is 9.59 Å². The van der Waals surface area contributed by atoms with Crippen molar-refractivity contribution in [3.05, 3.63) is 70.7 Å². The summed E-state index contributed by atoms with van der Waals surface area (Å²) in [5, 5.41) is 7.58. The van der Waals surface area contributed by atoms with Gasteiger partial charge in [-0.1, -0.05) is 42.5 Å². The second kappa shape index (κ2) is 8.40. The van der Waals surface area contributed by atoms with E-state index in [2.05, 4.69) is 10.3 Å². The summed E-state index contributed by atoms with van der Waals surface area (Å²) in [5.41, 5.74) is 1.02. The predicted molar refractivity (Wildman–Crippen MR) is 103 cm³/mol. The van der Waals surface area contributed by atoms with Gasteiger partial charge in [-0.15, -0.1) is 11.3 Å². The van der Waals surface area contributed by atoms with Crippen LogP contribution in [0.3, 0.4) is 0 Å². The minimum absolute atomic E-state index is 0.196. The lowest BCUT2D eigenvalue weighted by atomic mass is 10.00. The third-order valence-electron chi connectivity index (χ3n) is 3.83. The zero-order valence-corrected chi connectivity index (χ0v) is 15.0. The largest absolute Gasteiger partial charge is 0.452 e. The lowest BCUT2D eigenvalue weighted by molar-refractivity contribution is -0.144. The van der Waals surface area contributed by atoms with Crippen LogP contribution < -0.4 is 5.32 Å². The van der Waals surface area contributed by atoms with Crippen LogP contribution in [0.1, 0.15) is 23.5 Å². The summed E-state index contributed by atoms with van der Waals surface area (Å²) < 4.78 is 4.97. The monoisotopic (exact) mass is 366 g/mol. The van der Waals surface area contributed by atoms with E-state index < -0.39 is 5.97 Å². The van der Waals surface area contributed by atoms with E-state index in [0.717, 1.165) is 16.3 Å². The lowest BCUT2D eigenvalue weighted by Crippen LogP contribution is -2.31. The van der Waals surface area contributed by atoms with Gasteiger partial charge in [0.15, 0.2) is 6.61 Å². The SMILES string of the molecule is CC(NC(=O)COC(=O)C=Cc1nccs1)c1cccc2ccccc12. The van der Waals surface area contributed by atoms with E-state index in [-0.39, 0.29) is 18.6 Å². The molecule has 0 aliphatic rings. The number of nitrogens with one attached hydrogen (secondary N) is 1. The van der Waals surface area contributed by atoms with Gasteiger partial charge in [-0.3, -0.25) is 4.79 Å². The highest BCUT2D eigenvalue weighted by molar-refractivity contribution is 7.10. The van der Waals surface area contributed by atoms with Crippen LogP contribution >= 0.6 is 11.3 Å². The number of nitrogens with zero attached hydrogens (tertiary/aromatic N) is 1. The number of hydrogen-bond acceptors (Lipinski definition) is 5. The Hall–Kier alpha value is -2.99. The summed E-state index contributed by atoms with van der Waals surface area (Å²) in [6.45, 7) is 1.58. The second-order valence-electron chi connectivity index (χ2n) is 5.67. The Bertz CT molecular complexity index is 930. The molecule has 0 aliphatic carbocycles. The Morgan fingerprint density at radius 1 is 1.23 bits per heavy atom. The normalized spacial score (nSPS) is 12.2. The first-order chi connectivity index (χ1) is 12.6. The summed E-state index contributed by atoms with van der Waals surface area (Å²) >= 11 is 1.41.